The molecule has 27 heavy (non-hydrogen) atoms. The number of hydrogen-bond donors (Lipinski definition) is 0. The minimum atomic E-state index is -0.240. The molecule has 0 aromatic heterocycles. The molecule has 3 aliphatic carbocycles. The minimum Gasteiger partial charge on any atom is -0.427 e. The third-order valence-corrected chi connectivity index (χ3v) is 7.96. The molecule has 1 aromatic rings. The van der Waals surface area contributed by atoms with Crippen molar-refractivity contribution < 1.29 is 14.3 Å². The molecule has 6 unspecified atom stereocenters. The number of fused-ring (bicyclic) bond motifs is 5. The average Bonchev–Trinajstić information content (AvgIpc) is 2.93. The van der Waals surface area contributed by atoms with Crippen molar-refractivity contribution in [3.8, 4) is 5.75 Å². The second-order valence-electron chi connectivity index (χ2n) is 9.34. The minimum absolute atomic E-state index is 0.240. The lowest BCUT2D eigenvalue weighted by Gasteiger charge is -2.52. The summed E-state index contributed by atoms with van der Waals surface area (Å²) in [6.07, 6.45) is 9.17. The zero-order chi connectivity index (χ0) is 19.2. The maximum absolute atomic E-state index is 11.3. The summed E-state index contributed by atoms with van der Waals surface area (Å²) in [6, 6.07) is 6.34. The van der Waals surface area contributed by atoms with Crippen LogP contribution < -0.4 is 4.74 Å². The summed E-state index contributed by atoms with van der Waals surface area (Å²) in [5, 5.41) is 0. The highest BCUT2D eigenvalue weighted by Gasteiger charge is 2.58. The number of carbonyl (C=O) groups is 1. The monoisotopic (exact) mass is 370 g/mol. The summed E-state index contributed by atoms with van der Waals surface area (Å²) in [4.78, 5) is 11.3. The molecule has 0 radical (unpaired) electrons. The lowest BCUT2D eigenvalue weighted by Crippen LogP contribution is -2.45. The van der Waals surface area contributed by atoms with Gasteiger partial charge in [-0.15, -0.1) is 0 Å². The summed E-state index contributed by atoms with van der Waals surface area (Å²) in [6.45, 7) is 6.30. The topological polar surface area (TPSA) is 35.5 Å². The molecule has 2 saturated carbocycles. The highest BCUT2D eigenvalue weighted by molar-refractivity contribution is 5.69. The number of rotatable bonds is 4. The van der Waals surface area contributed by atoms with Crippen LogP contribution in [0.25, 0.3) is 0 Å². The first-order valence-corrected chi connectivity index (χ1v) is 10.8. The first kappa shape index (κ1) is 19.0. The van der Waals surface area contributed by atoms with Crippen molar-refractivity contribution in [1.29, 1.82) is 0 Å². The van der Waals surface area contributed by atoms with Crippen LogP contribution in [-0.4, -0.2) is 19.2 Å². The van der Waals surface area contributed by atoms with Crippen molar-refractivity contribution in [3.05, 3.63) is 29.3 Å². The summed E-state index contributed by atoms with van der Waals surface area (Å²) < 4.78 is 11.3. The largest absolute Gasteiger partial charge is 0.427 e. The van der Waals surface area contributed by atoms with Gasteiger partial charge >= 0.3 is 5.97 Å². The van der Waals surface area contributed by atoms with E-state index in [-0.39, 0.29) is 5.97 Å². The van der Waals surface area contributed by atoms with Gasteiger partial charge < -0.3 is 9.47 Å². The number of hydrogen-bond acceptors (Lipinski definition) is 3. The fourth-order valence-electron chi connectivity index (χ4n) is 7.05. The molecule has 4 rings (SSSR count). The van der Waals surface area contributed by atoms with E-state index in [9.17, 15) is 4.79 Å². The molecule has 0 amide bonds. The van der Waals surface area contributed by atoms with Gasteiger partial charge in [0, 0.05) is 14.0 Å². The molecule has 3 heteroatoms. The Hall–Kier alpha value is -1.35. The number of benzene rings is 1. The molecule has 148 valence electrons. The molecule has 6 atom stereocenters. The zero-order valence-corrected chi connectivity index (χ0v) is 17.3. The van der Waals surface area contributed by atoms with Gasteiger partial charge in [0.1, 0.15) is 5.75 Å². The van der Waals surface area contributed by atoms with Gasteiger partial charge in [-0.1, -0.05) is 32.8 Å². The van der Waals surface area contributed by atoms with Crippen LogP contribution in [0.5, 0.6) is 5.75 Å². The lowest BCUT2D eigenvalue weighted by atomic mass is 9.53. The van der Waals surface area contributed by atoms with Crippen molar-refractivity contribution in [2.75, 3.05) is 7.11 Å². The van der Waals surface area contributed by atoms with E-state index in [1.807, 2.05) is 13.2 Å². The molecule has 0 N–H and O–H groups in total. The first-order valence-electron chi connectivity index (χ1n) is 10.8. The molecule has 3 nitrogen and oxygen atoms in total. The molecule has 1 aromatic carbocycles. The fraction of sp³-hybridized carbons (Fsp3) is 0.708. The Morgan fingerprint density at radius 3 is 2.81 bits per heavy atom. The number of methoxy groups -OCH3 is 1. The fourth-order valence-corrected chi connectivity index (χ4v) is 7.05. The number of carbonyl (C=O) groups excluding carboxylic acids is 1. The van der Waals surface area contributed by atoms with E-state index >= 15 is 0 Å². The molecule has 0 aliphatic heterocycles. The van der Waals surface area contributed by atoms with Crippen LogP contribution in [0.2, 0.25) is 0 Å². The normalized spacial score (nSPS) is 37.3. The predicted octanol–water partition coefficient (Wildman–Crippen LogP) is 5.51. The highest BCUT2D eigenvalue weighted by atomic mass is 16.5. The van der Waals surface area contributed by atoms with Gasteiger partial charge in [-0.3, -0.25) is 4.79 Å². The Kier molecular flexibility index (Phi) is 5.09. The van der Waals surface area contributed by atoms with Gasteiger partial charge in [-0.05, 0) is 84.5 Å². The van der Waals surface area contributed by atoms with E-state index in [1.165, 1.54) is 56.6 Å². The summed E-state index contributed by atoms with van der Waals surface area (Å²) >= 11 is 0. The number of esters is 1. The van der Waals surface area contributed by atoms with Gasteiger partial charge in [0.15, 0.2) is 0 Å². The van der Waals surface area contributed by atoms with Crippen LogP contribution >= 0.6 is 0 Å². The molecule has 0 heterocycles. The first-order chi connectivity index (χ1) is 13.0. The lowest BCUT2D eigenvalue weighted by molar-refractivity contribution is -0.131. The average molecular weight is 371 g/mol. The van der Waals surface area contributed by atoms with E-state index in [1.54, 1.807) is 0 Å². The SMILES string of the molecule is CCCC1CC(OC)C2(C)CCC3c4ccc(OC(C)=O)cc4CCC3C12. The summed E-state index contributed by atoms with van der Waals surface area (Å²) in [5.41, 5.74) is 3.25. The quantitative estimate of drug-likeness (QED) is 0.518. The molecular formula is C24H34O3. The van der Waals surface area contributed by atoms with Gasteiger partial charge in [-0.2, -0.15) is 0 Å². The van der Waals surface area contributed by atoms with Crippen molar-refractivity contribution >= 4 is 5.97 Å². The van der Waals surface area contributed by atoms with Crippen LogP contribution in [-0.2, 0) is 16.0 Å². The van der Waals surface area contributed by atoms with Gasteiger partial charge in [0.2, 0.25) is 0 Å². The third-order valence-electron chi connectivity index (χ3n) is 7.96. The maximum atomic E-state index is 11.3. The molecule has 2 fully saturated rings. The second-order valence-corrected chi connectivity index (χ2v) is 9.34. The van der Waals surface area contributed by atoms with Crippen LogP contribution in [0.4, 0.5) is 0 Å². The summed E-state index contributed by atoms with van der Waals surface area (Å²) in [7, 11) is 1.92. The standard InChI is InChI=1S/C24H34O3/c1-5-6-17-14-22(26-4)24(3)12-11-20-19-10-8-18(27-15(2)25)13-16(19)7-9-21(20)23(17)24/h8,10,13,17,20-23H,5-7,9,11-12,14H2,1-4H3. The molecule has 0 bridgehead atoms. The Labute approximate surface area is 163 Å². The van der Waals surface area contributed by atoms with E-state index < -0.39 is 0 Å². The van der Waals surface area contributed by atoms with Crippen LogP contribution in [0.1, 0.15) is 76.3 Å². The number of aryl methyl sites for hydroxylation is 1. The molecule has 0 spiro atoms. The smallest absolute Gasteiger partial charge is 0.308 e. The van der Waals surface area contributed by atoms with Crippen LogP contribution in [0, 0.1) is 23.2 Å². The molecule has 3 aliphatic rings. The van der Waals surface area contributed by atoms with Crippen molar-refractivity contribution in [3.63, 3.8) is 0 Å². The Balaban J connectivity index is 1.65. The molecular weight excluding hydrogens is 336 g/mol. The van der Waals surface area contributed by atoms with Gasteiger partial charge in [0.25, 0.3) is 0 Å². The maximum Gasteiger partial charge on any atom is 0.308 e. The van der Waals surface area contributed by atoms with Crippen molar-refractivity contribution in [1.82, 2.24) is 0 Å². The van der Waals surface area contributed by atoms with Crippen LogP contribution in [0.15, 0.2) is 18.2 Å². The van der Waals surface area contributed by atoms with Crippen molar-refractivity contribution in [2.24, 2.45) is 23.2 Å². The Morgan fingerprint density at radius 1 is 1.30 bits per heavy atom. The van der Waals surface area contributed by atoms with Gasteiger partial charge in [0.05, 0.1) is 6.10 Å². The third kappa shape index (κ3) is 3.12. The van der Waals surface area contributed by atoms with E-state index in [0.29, 0.717) is 23.2 Å². The highest BCUT2D eigenvalue weighted by Crippen LogP contribution is 2.64. The molecule has 0 saturated heterocycles. The zero-order valence-electron chi connectivity index (χ0n) is 17.3. The Morgan fingerprint density at radius 2 is 2.11 bits per heavy atom. The van der Waals surface area contributed by atoms with Crippen LogP contribution in [0.3, 0.4) is 0 Å². The van der Waals surface area contributed by atoms with E-state index in [4.69, 9.17) is 9.47 Å². The number of ether oxygens (including phenoxy) is 2. The Bertz CT molecular complexity index is 712. The van der Waals surface area contributed by atoms with E-state index in [0.717, 1.165) is 24.2 Å². The van der Waals surface area contributed by atoms with E-state index in [2.05, 4.69) is 26.0 Å². The van der Waals surface area contributed by atoms with Crippen molar-refractivity contribution in [2.45, 2.75) is 77.7 Å². The van der Waals surface area contributed by atoms with Gasteiger partial charge in [-0.25, -0.2) is 0 Å². The summed E-state index contributed by atoms with van der Waals surface area (Å²) in [5.74, 6) is 3.48. The second kappa shape index (κ2) is 7.24. The predicted molar refractivity (Wildman–Crippen MR) is 107 cm³/mol.